The van der Waals surface area contributed by atoms with E-state index in [1.54, 1.807) is 13.3 Å². The number of hydrogen-bond donors (Lipinski definition) is 0. The second-order valence-corrected chi connectivity index (χ2v) is 3.94. The van der Waals surface area contributed by atoms with Gasteiger partial charge in [0.15, 0.2) is 0 Å². The van der Waals surface area contributed by atoms with E-state index in [4.69, 9.17) is 0 Å². The largest absolute Gasteiger partial charge is 0.297 e. The van der Waals surface area contributed by atoms with Gasteiger partial charge in [-0.15, -0.1) is 0 Å². The first kappa shape index (κ1) is 11.7. The van der Waals surface area contributed by atoms with E-state index in [1.807, 2.05) is 12.2 Å². The molecule has 0 N–H and O–H groups in total. The van der Waals surface area contributed by atoms with Gasteiger partial charge in [-0.1, -0.05) is 42.9 Å². The van der Waals surface area contributed by atoms with Crippen molar-refractivity contribution in [3.05, 3.63) is 47.6 Å². The molecule has 0 aliphatic heterocycles. The van der Waals surface area contributed by atoms with Crippen LogP contribution in [0.15, 0.2) is 52.6 Å². The minimum atomic E-state index is 0.607. The minimum absolute atomic E-state index is 0.607. The van der Waals surface area contributed by atoms with Gasteiger partial charge in [-0.25, -0.2) is 0 Å². The van der Waals surface area contributed by atoms with Gasteiger partial charge in [0.25, 0.3) is 0 Å². The molecular formula is C14H19N. The van der Waals surface area contributed by atoms with Gasteiger partial charge in [-0.2, -0.15) is 0 Å². The summed E-state index contributed by atoms with van der Waals surface area (Å²) in [5.41, 5.74) is 2.80. The lowest BCUT2D eigenvalue weighted by molar-refractivity contribution is 0.950. The molecule has 0 heterocycles. The van der Waals surface area contributed by atoms with E-state index in [0.717, 1.165) is 6.42 Å². The molecule has 0 aromatic rings. The third kappa shape index (κ3) is 4.59. The maximum atomic E-state index is 3.88. The Labute approximate surface area is 92.6 Å². The molecule has 15 heavy (non-hydrogen) atoms. The minimum Gasteiger partial charge on any atom is -0.297 e. The number of allylic oxidation sites excluding steroid dienone is 8. The van der Waals surface area contributed by atoms with Crippen LogP contribution in [0.1, 0.15) is 20.3 Å². The maximum absolute atomic E-state index is 3.88. The molecule has 1 rings (SSSR count). The van der Waals surface area contributed by atoms with Crippen LogP contribution in [0.3, 0.4) is 0 Å². The van der Waals surface area contributed by atoms with Gasteiger partial charge in [0.2, 0.25) is 0 Å². The number of nitrogens with zero attached hydrogens (tertiary/aromatic N) is 1. The Balaban J connectivity index is 2.45. The SMILES string of the molecule is CN=C/C=C\C=C(/C)CC1=CC(C)C=C1. The molecule has 1 heteroatoms. The summed E-state index contributed by atoms with van der Waals surface area (Å²) in [5.74, 6) is 0.607. The fourth-order valence-electron chi connectivity index (χ4n) is 1.58. The molecule has 0 saturated heterocycles. The van der Waals surface area contributed by atoms with E-state index in [-0.39, 0.29) is 0 Å². The zero-order valence-corrected chi connectivity index (χ0v) is 9.77. The van der Waals surface area contributed by atoms with Crippen LogP contribution in [-0.4, -0.2) is 13.3 Å². The molecule has 0 radical (unpaired) electrons. The topological polar surface area (TPSA) is 12.4 Å². The number of hydrogen-bond acceptors (Lipinski definition) is 1. The number of aliphatic imine (C=N–C) groups is 1. The molecule has 0 aromatic heterocycles. The van der Waals surface area contributed by atoms with Crippen molar-refractivity contribution < 1.29 is 0 Å². The molecule has 80 valence electrons. The van der Waals surface area contributed by atoms with E-state index < -0.39 is 0 Å². The summed E-state index contributed by atoms with van der Waals surface area (Å²) >= 11 is 0. The highest BCUT2D eigenvalue weighted by Crippen LogP contribution is 2.21. The lowest BCUT2D eigenvalue weighted by Gasteiger charge is -1.99. The summed E-state index contributed by atoms with van der Waals surface area (Å²) in [6.45, 7) is 4.37. The molecule has 0 aromatic carbocycles. The van der Waals surface area contributed by atoms with Crippen LogP contribution in [-0.2, 0) is 0 Å². The first-order chi connectivity index (χ1) is 7.22. The molecule has 0 bridgehead atoms. The van der Waals surface area contributed by atoms with Crippen molar-refractivity contribution >= 4 is 6.21 Å². The Kier molecular flexibility index (Phi) is 4.82. The molecule has 1 aliphatic rings. The van der Waals surface area contributed by atoms with Crippen molar-refractivity contribution in [2.24, 2.45) is 10.9 Å². The van der Waals surface area contributed by atoms with E-state index in [1.165, 1.54) is 11.1 Å². The first-order valence-corrected chi connectivity index (χ1v) is 5.36. The van der Waals surface area contributed by atoms with E-state index >= 15 is 0 Å². The standard InChI is InChI=1S/C14H19N/c1-12(6-4-5-9-15-3)10-14-8-7-13(2)11-14/h4-9,11,13H,10H2,1-3H3/b5-4-,12-6+,15-9?. The van der Waals surface area contributed by atoms with Crippen LogP contribution in [0.25, 0.3) is 0 Å². The van der Waals surface area contributed by atoms with Crippen molar-refractivity contribution in [3.63, 3.8) is 0 Å². The third-order valence-electron chi connectivity index (χ3n) is 2.30. The molecule has 1 aliphatic carbocycles. The fourth-order valence-corrected chi connectivity index (χ4v) is 1.58. The predicted octanol–water partition coefficient (Wildman–Crippen LogP) is 3.71. The van der Waals surface area contributed by atoms with Gasteiger partial charge in [-0.3, -0.25) is 4.99 Å². The average molecular weight is 201 g/mol. The Hall–Kier alpha value is -1.37. The summed E-state index contributed by atoms with van der Waals surface area (Å²) in [7, 11) is 1.77. The van der Waals surface area contributed by atoms with Crippen molar-refractivity contribution in [2.75, 3.05) is 7.05 Å². The smallest absolute Gasteiger partial charge is 0.0277 e. The first-order valence-electron chi connectivity index (χ1n) is 5.36. The van der Waals surface area contributed by atoms with Crippen LogP contribution < -0.4 is 0 Å². The molecule has 0 amide bonds. The zero-order valence-electron chi connectivity index (χ0n) is 9.77. The molecule has 1 atom stereocenters. The van der Waals surface area contributed by atoms with Gasteiger partial charge in [0.05, 0.1) is 0 Å². The summed E-state index contributed by atoms with van der Waals surface area (Å²) in [6, 6.07) is 0. The highest BCUT2D eigenvalue weighted by atomic mass is 14.6. The summed E-state index contributed by atoms with van der Waals surface area (Å²) < 4.78 is 0. The van der Waals surface area contributed by atoms with E-state index in [9.17, 15) is 0 Å². The number of rotatable bonds is 4. The summed E-state index contributed by atoms with van der Waals surface area (Å²) in [4.78, 5) is 3.88. The summed E-state index contributed by atoms with van der Waals surface area (Å²) in [5, 5.41) is 0. The molecule has 0 saturated carbocycles. The van der Waals surface area contributed by atoms with Gasteiger partial charge in [-0.05, 0) is 30.9 Å². The summed E-state index contributed by atoms with van der Waals surface area (Å²) in [6.07, 6.45) is 15.7. The van der Waals surface area contributed by atoms with Gasteiger partial charge in [0, 0.05) is 13.3 Å². The van der Waals surface area contributed by atoms with Gasteiger partial charge >= 0.3 is 0 Å². The van der Waals surface area contributed by atoms with Gasteiger partial charge < -0.3 is 0 Å². The second-order valence-electron chi connectivity index (χ2n) is 3.94. The van der Waals surface area contributed by atoms with Crippen molar-refractivity contribution in [1.29, 1.82) is 0 Å². The van der Waals surface area contributed by atoms with E-state index in [2.05, 4.69) is 43.1 Å². The Morgan fingerprint density at radius 3 is 2.87 bits per heavy atom. The van der Waals surface area contributed by atoms with Crippen LogP contribution in [0.5, 0.6) is 0 Å². The van der Waals surface area contributed by atoms with Crippen LogP contribution >= 0.6 is 0 Å². The monoisotopic (exact) mass is 201 g/mol. The maximum Gasteiger partial charge on any atom is 0.0277 e. The van der Waals surface area contributed by atoms with E-state index in [0.29, 0.717) is 5.92 Å². The quantitative estimate of drug-likeness (QED) is 0.485. The Morgan fingerprint density at radius 1 is 1.47 bits per heavy atom. The van der Waals surface area contributed by atoms with Crippen molar-refractivity contribution in [2.45, 2.75) is 20.3 Å². The highest BCUT2D eigenvalue weighted by molar-refractivity contribution is 5.71. The second kappa shape index (κ2) is 6.18. The Bertz CT molecular complexity index is 340. The van der Waals surface area contributed by atoms with Crippen molar-refractivity contribution in [3.8, 4) is 0 Å². The molecule has 1 nitrogen and oxygen atoms in total. The molecule has 0 spiro atoms. The fraction of sp³-hybridized carbons (Fsp3) is 0.357. The van der Waals surface area contributed by atoms with Crippen LogP contribution in [0.2, 0.25) is 0 Å². The molecule has 0 fully saturated rings. The Morgan fingerprint density at radius 2 is 2.27 bits per heavy atom. The lowest BCUT2D eigenvalue weighted by Crippen LogP contribution is -1.80. The van der Waals surface area contributed by atoms with Crippen LogP contribution in [0, 0.1) is 5.92 Å². The van der Waals surface area contributed by atoms with Gasteiger partial charge in [0.1, 0.15) is 0 Å². The predicted molar refractivity (Wildman–Crippen MR) is 68.3 cm³/mol. The molecular weight excluding hydrogens is 182 g/mol. The van der Waals surface area contributed by atoms with Crippen molar-refractivity contribution in [1.82, 2.24) is 0 Å². The molecule has 1 unspecified atom stereocenters. The van der Waals surface area contributed by atoms with Crippen LogP contribution in [0.4, 0.5) is 0 Å². The zero-order chi connectivity index (χ0) is 11.1. The third-order valence-corrected chi connectivity index (χ3v) is 2.30. The average Bonchev–Trinajstić information content (AvgIpc) is 2.59. The highest BCUT2D eigenvalue weighted by Gasteiger charge is 2.03. The normalized spacial score (nSPS) is 21.9. The lowest BCUT2D eigenvalue weighted by atomic mass is 10.1.